The van der Waals surface area contributed by atoms with Crippen molar-refractivity contribution in [3.05, 3.63) is 24.3 Å². The molecule has 1 aliphatic heterocycles. The second-order valence-electron chi connectivity index (χ2n) is 6.77. The van der Waals surface area contributed by atoms with Gasteiger partial charge in [0.1, 0.15) is 0 Å². The molecule has 138 valence electrons. The number of allylic oxidation sites excluding steroid dienone is 2. The molecule has 3 nitrogen and oxygen atoms in total. The maximum absolute atomic E-state index is 11.2. The molecule has 3 heteroatoms. The van der Waals surface area contributed by atoms with Gasteiger partial charge < -0.3 is 9.47 Å². The van der Waals surface area contributed by atoms with E-state index in [1.165, 1.54) is 76.7 Å². The molecule has 0 aromatic carbocycles. The van der Waals surface area contributed by atoms with E-state index in [1.807, 2.05) is 0 Å². The third kappa shape index (κ3) is 9.27. The number of hydrogen-bond donors (Lipinski definition) is 0. The van der Waals surface area contributed by atoms with E-state index in [9.17, 15) is 4.79 Å². The molecule has 0 radical (unpaired) electrons. The summed E-state index contributed by atoms with van der Waals surface area (Å²) in [5, 5.41) is 0. The van der Waals surface area contributed by atoms with E-state index in [-0.39, 0.29) is 5.97 Å². The molecule has 0 amide bonds. The van der Waals surface area contributed by atoms with Crippen molar-refractivity contribution >= 4 is 5.97 Å². The van der Waals surface area contributed by atoms with Gasteiger partial charge in [0.05, 0.1) is 0 Å². The summed E-state index contributed by atoms with van der Waals surface area (Å²) in [7, 11) is 1.60. The van der Waals surface area contributed by atoms with Gasteiger partial charge in [-0.15, -0.1) is 0 Å². The van der Waals surface area contributed by atoms with Crippen LogP contribution in [0.2, 0.25) is 0 Å². The fourth-order valence-electron chi connectivity index (χ4n) is 3.17. The molecule has 0 saturated carbocycles. The highest BCUT2D eigenvalue weighted by atomic mass is 16.7. The van der Waals surface area contributed by atoms with Crippen LogP contribution in [0.5, 0.6) is 0 Å². The Morgan fingerprint density at radius 1 is 0.958 bits per heavy atom. The number of hydrogen-bond acceptors (Lipinski definition) is 3. The molecule has 0 N–H and O–H groups in total. The van der Waals surface area contributed by atoms with E-state index < -0.39 is 5.79 Å². The summed E-state index contributed by atoms with van der Waals surface area (Å²) in [5.41, 5.74) is 0. The van der Waals surface area contributed by atoms with Crippen LogP contribution in [0.4, 0.5) is 0 Å². The van der Waals surface area contributed by atoms with Crippen LogP contribution in [0.1, 0.15) is 90.4 Å². The van der Waals surface area contributed by atoms with Gasteiger partial charge in [-0.1, -0.05) is 69.9 Å². The van der Waals surface area contributed by atoms with E-state index in [0.717, 1.165) is 12.8 Å². The monoisotopic (exact) mass is 336 g/mol. The van der Waals surface area contributed by atoms with Crippen LogP contribution in [0.25, 0.3) is 0 Å². The van der Waals surface area contributed by atoms with Crippen molar-refractivity contribution in [2.24, 2.45) is 0 Å². The molecular weight excluding hydrogens is 300 g/mol. The molecule has 1 rings (SSSR count). The normalized spacial score (nSPS) is 20.2. The molecule has 0 bridgehead atoms. The molecule has 0 fully saturated rings. The highest BCUT2D eigenvalue weighted by Gasteiger charge is 2.34. The fourth-order valence-corrected chi connectivity index (χ4v) is 3.17. The molecule has 0 aromatic rings. The van der Waals surface area contributed by atoms with Crippen LogP contribution in [0.15, 0.2) is 24.3 Å². The molecule has 0 saturated heterocycles. The van der Waals surface area contributed by atoms with E-state index >= 15 is 0 Å². The smallest absolute Gasteiger partial charge is 0.333 e. The molecule has 0 aromatic heterocycles. The molecule has 0 spiro atoms. The van der Waals surface area contributed by atoms with E-state index in [4.69, 9.17) is 9.47 Å². The van der Waals surface area contributed by atoms with Gasteiger partial charge >= 0.3 is 5.97 Å². The Kier molecular flexibility index (Phi) is 11.5. The van der Waals surface area contributed by atoms with E-state index in [0.29, 0.717) is 0 Å². The number of cyclic esters (lactones) is 1. The molecule has 1 atom stereocenters. The summed E-state index contributed by atoms with van der Waals surface area (Å²) in [4.78, 5) is 11.2. The summed E-state index contributed by atoms with van der Waals surface area (Å²) in [5.74, 6) is -1.08. The third-order valence-corrected chi connectivity index (χ3v) is 4.72. The molecule has 1 aliphatic rings. The van der Waals surface area contributed by atoms with Gasteiger partial charge in [-0.05, 0) is 32.3 Å². The Labute approximate surface area is 148 Å². The van der Waals surface area contributed by atoms with Crippen molar-refractivity contribution < 1.29 is 14.3 Å². The predicted octanol–water partition coefficient (Wildman–Crippen LogP) is 6.09. The van der Waals surface area contributed by atoms with Gasteiger partial charge in [-0.25, -0.2) is 4.79 Å². The highest BCUT2D eigenvalue weighted by Crippen LogP contribution is 2.27. The number of rotatable bonds is 15. The quantitative estimate of drug-likeness (QED) is 0.206. The first-order valence-electron chi connectivity index (χ1n) is 9.81. The average Bonchev–Trinajstić information content (AvgIpc) is 2.97. The number of esters is 1. The maximum Gasteiger partial charge on any atom is 0.333 e. The Bertz CT molecular complexity index is 387. The van der Waals surface area contributed by atoms with Crippen LogP contribution in [-0.4, -0.2) is 18.9 Å². The minimum Gasteiger partial charge on any atom is -0.426 e. The van der Waals surface area contributed by atoms with Gasteiger partial charge in [-0.3, -0.25) is 0 Å². The third-order valence-electron chi connectivity index (χ3n) is 4.72. The van der Waals surface area contributed by atoms with Crippen LogP contribution < -0.4 is 0 Å². The van der Waals surface area contributed by atoms with E-state index in [2.05, 4.69) is 19.1 Å². The molecule has 24 heavy (non-hydrogen) atoms. The molecule has 1 heterocycles. The lowest BCUT2D eigenvalue weighted by molar-refractivity contribution is -0.190. The lowest BCUT2D eigenvalue weighted by atomic mass is 10.0. The van der Waals surface area contributed by atoms with Gasteiger partial charge in [0.25, 0.3) is 0 Å². The number of carbonyl (C=O) groups excluding carboxylic acids is 1. The van der Waals surface area contributed by atoms with Crippen molar-refractivity contribution in [1.29, 1.82) is 0 Å². The van der Waals surface area contributed by atoms with Crippen LogP contribution in [-0.2, 0) is 14.3 Å². The number of methoxy groups -OCH3 is 1. The zero-order valence-corrected chi connectivity index (χ0v) is 15.7. The van der Waals surface area contributed by atoms with Crippen molar-refractivity contribution in [1.82, 2.24) is 0 Å². The van der Waals surface area contributed by atoms with Gasteiger partial charge in [-0.2, -0.15) is 0 Å². The summed E-state index contributed by atoms with van der Waals surface area (Å²) >= 11 is 0. The molecule has 0 aliphatic carbocycles. The van der Waals surface area contributed by atoms with Gasteiger partial charge in [0.2, 0.25) is 5.79 Å². The Morgan fingerprint density at radius 3 is 1.96 bits per heavy atom. The number of ether oxygens (including phenoxy) is 2. The Balaban J connectivity index is 1.84. The number of carbonyl (C=O) groups is 1. The van der Waals surface area contributed by atoms with Crippen LogP contribution >= 0.6 is 0 Å². The SMILES string of the molecule is CC=CCCCCCCCCCCCCCC1(OC)C=CC(=O)O1. The minimum atomic E-state index is -0.788. The Hall–Kier alpha value is -1.09. The predicted molar refractivity (Wildman–Crippen MR) is 99.8 cm³/mol. The van der Waals surface area contributed by atoms with Crippen molar-refractivity contribution in [2.45, 2.75) is 96.2 Å². The molecule has 1 unspecified atom stereocenters. The maximum atomic E-state index is 11.2. The number of unbranched alkanes of at least 4 members (excludes halogenated alkanes) is 11. The second kappa shape index (κ2) is 13.2. The second-order valence-corrected chi connectivity index (χ2v) is 6.77. The fraction of sp³-hybridized carbons (Fsp3) is 0.762. The minimum absolute atomic E-state index is 0.293. The van der Waals surface area contributed by atoms with Crippen molar-refractivity contribution in [3.8, 4) is 0 Å². The van der Waals surface area contributed by atoms with Crippen LogP contribution in [0, 0.1) is 0 Å². The zero-order valence-electron chi connectivity index (χ0n) is 15.7. The summed E-state index contributed by atoms with van der Waals surface area (Å²) in [6.07, 6.45) is 24.0. The molecular formula is C21H36O3. The van der Waals surface area contributed by atoms with Crippen LogP contribution in [0.3, 0.4) is 0 Å². The first kappa shape index (κ1) is 21.0. The average molecular weight is 337 g/mol. The summed E-state index contributed by atoms with van der Waals surface area (Å²) < 4.78 is 10.6. The zero-order chi connectivity index (χ0) is 17.5. The van der Waals surface area contributed by atoms with Crippen molar-refractivity contribution in [3.63, 3.8) is 0 Å². The highest BCUT2D eigenvalue weighted by molar-refractivity contribution is 5.84. The van der Waals surface area contributed by atoms with Gasteiger partial charge in [0, 0.05) is 19.6 Å². The lowest BCUT2D eigenvalue weighted by Gasteiger charge is -2.24. The lowest BCUT2D eigenvalue weighted by Crippen LogP contribution is -2.30. The van der Waals surface area contributed by atoms with Crippen molar-refractivity contribution in [2.75, 3.05) is 7.11 Å². The van der Waals surface area contributed by atoms with Gasteiger partial charge in [0.15, 0.2) is 0 Å². The first-order chi connectivity index (χ1) is 11.7. The standard InChI is InChI=1S/C21H36O3/c1-3-4-5-6-7-8-9-10-11-12-13-14-15-16-18-21(23-2)19-17-20(22)24-21/h3-4,17,19H,5-16,18H2,1-2H3. The first-order valence-corrected chi connectivity index (χ1v) is 9.81. The topological polar surface area (TPSA) is 35.5 Å². The summed E-state index contributed by atoms with van der Waals surface area (Å²) in [6, 6.07) is 0. The largest absolute Gasteiger partial charge is 0.426 e. The van der Waals surface area contributed by atoms with E-state index in [1.54, 1.807) is 13.2 Å². The Morgan fingerprint density at radius 2 is 1.50 bits per heavy atom. The summed E-state index contributed by atoms with van der Waals surface area (Å²) in [6.45, 7) is 2.09.